The van der Waals surface area contributed by atoms with Crippen LogP contribution in [0.3, 0.4) is 0 Å². The minimum atomic E-state index is -0.518. The molecule has 2 amide bonds. The largest absolute Gasteiger partial charge is 0.274 e. The molecule has 5 rings (SSSR count). The van der Waals surface area contributed by atoms with Crippen LogP contribution in [-0.2, 0) is 9.59 Å². The van der Waals surface area contributed by atoms with Gasteiger partial charge in [-0.3, -0.25) is 9.59 Å². The number of halogens is 3. The molecule has 3 aliphatic heterocycles. The lowest BCUT2D eigenvalue weighted by Gasteiger charge is -2.30. The van der Waals surface area contributed by atoms with Crippen LogP contribution in [0.25, 0.3) is 0 Å². The maximum Gasteiger partial charge on any atom is 0.253 e. The van der Waals surface area contributed by atoms with Gasteiger partial charge in [-0.15, -0.1) is 0 Å². The van der Waals surface area contributed by atoms with Gasteiger partial charge in [-0.25, -0.2) is 14.9 Å². The summed E-state index contributed by atoms with van der Waals surface area (Å²) in [6, 6.07) is 12.2. The van der Waals surface area contributed by atoms with Gasteiger partial charge in [0, 0.05) is 17.6 Å². The van der Waals surface area contributed by atoms with Crippen molar-refractivity contribution in [2.75, 3.05) is 18.0 Å². The summed E-state index contributed by atoms with van der Waals surface area (Å²) >= 11 is 16.1. The molecule has 28 heavy (non-hydrogen) atoms. The number of carbonyl (C=O) groups is 2. The van der Waals surface area contributed by atoms with Crippen molar-refractivity contribution in [2.24, 2.45) is 5.92 Å². The molecule has 3 saturated heterocycles. The van der Waals surface area contributed by atoms with E-state index in [0.29, 0.717) is 10.0 Å². The number of hydrogen-bond donors (Lipinski definition) is 0. The van der Waals surface area contributed by atoms with Gasteiger partial charge < -0.3 is 0 Å². The highest BCUT2D eigenvalue weighted by Gasteiger charge is 2.63. The van der Waals surface area contributed by atoms with E-state index in [4.69, 9.17) is 23.2 Å². The number of anilines is 1. The Morgan fingerprint density at radius 3 is 2.11 bits per heavy atom. The molecule has 0 bridgehead atoms. The van der Waals surface area contributed by atoms with Crippen LogP contribution >= 0.6 is 39.1 Å². The molecule has 0 unspecified atom stereocenters. The van der Waals surface area contributed by atoms with E-state index in [9.17, 15) is 9.59 Å². The topological polar surface area (TPSA) is 43.9 Å². The summed E-state index contributed by atoms with van der Waals surface area (Å²) < 4.78 is 0.974. The normalized spacial score (nSPS) is 27.5. The third-order valence-electron chi connectivity index (χ3n) is 5.78. The number of fused-ring (bicyclic) bond motifs is 3. The zero-order chi connectivity index (χ0) is 19.6. The van der Waals surface area contributed by atoms with Crippen molar-refractivity contribution in [3.05, 3.63) is 62.5 Å². The standard InChI is InChI=1S/C20H16BrCl2N3O2/c21-12-7-5-11(6-8-12)16-15-18(25-10-2-9-24(16)25)20(28)26(19(15)27)17-13(22)3-1-4-14(17)23/h1,3-8,15-16,18H,2,9-10H2/t15-,16+,18+/m0/s1. The van der Waals surface area contributed by atoms with Crippen LogP contribution < -0.4 is 4.90 Å². The number of benzene rings is 2. The number of para-hydroxylation sites is 1. The fourth-order valence-electron chi connectivity index (χ4n) is 4.70. The first kappa shape index (κ1) is 18.6. The zero-order valence-electron chi connectivity index (χ0n) is 14.7. The van der Waals surface area contributed by atoms with Crippen LogP contribution in [0.4, 0.5) is 5.69 Å². The molecule has 0 spiro atoms. The number of rotatable bonds is 2. The summed E-state index contributed by atoms with van der Waals surface area (Å²) in [5.74, 6) is -0.981. The quantitative estimate of drug-likeness (QED) is 0.601. The van der Waals surface area contributed by atoms with Gasteiger partial charge in [0.25, 0.3) is 5.91 Å². The minimum absolute atomic E-state index is 0.177. The molecule has 0 aliphatic carbocycles. The van der Waals surface area contributed by atoms with Crippen molar-refractivity contribution in [2.45, 2.75) is 18.5 Å². The van der Waals surface area contributed by atoms with Crippen LogP contribution in [0.15, 0.2) is 46.9 Å². The van der Waals surface area contributed by atoms with E-state index in [-0.39, 0.29) is 23.5 Å². The maximum absolute atomic E-state index is 13.5. The van der Waals surface area contributed by atoms with Crippen molar-refractivity contribution in [3.8, 4) is 0 Å². The molecule has 0 N–H and O–H groups in total. The van der Waals surface area contributed by atoms with Gasteiger partial charge in [0.15, 0.2) is 0 Å². The summed E-state index contributed by atoms with van der Waals surface area (Å²) in [6.07, 6.45) is 0.963. The number of nitrogens with zero attached hydrogens (tertiary/aromatic N) is 3. The van der Waals surface area contributed by atoms with Gasteiger partial charge in [-0.1, -0.05) is 57.3 Å². The summed E-state index contributed by atoms with van der Waals surface area (Å²) in [4.78, 5) is 28.1. The highest BCUT2D eigenvalue weighted by atomic mass is 79.9. The van der Waals surface area contributed by atoms with Crippen molar-refractivity contribution >= 4 is 56.6 Å². The van der Waals surface area contributed by atoms with Gasteiger partial charge >= 0.3 is 0 Å². The first-order valence-corrected chi connectivity index (χ1v) is 10.6. The molecule has 3 heterocycles. The second-order valence-electron chi connectivity index (χ2n) is 7.23. The third kappa shape index (κ3) is 2.59. The van der Waals surface area contributed by atoms with Gasteiger partial charge in [0.2, 0.25) is 5.91 Å². The first-order valence-electron chi connectivity index (χ1n) is 9.09. The molecule has 144 valence electrons. The smallest absolute Gasteiger partial charge is 0.253 e. The SMILES string of the molecule is O=C1[C@H]2[C@@H](c3ccc(Br)cc3)N3CCCN3[C@H]2C(=O)N1c1c(Cl)cccc1Cl. The molecule has 0 aromatic heterocycles. The number of hydrazine groups is 1. The molecule has 3 atom stereocenters. The summed E-state index contributed by atoms with van der Waals surface area (Å²) in [7, 11) is 0. The Balaban J connectivity index is 1.62. The summed E-state index contributed by atoms with van der Waals surface area (Å²) in [5, 5.41) is 4.84. The lowest BCUT2D eigenvalue weighted by molar-refractivity contribution is -0.126. The molecule has 0 radical (unpaired) electrons. The van der Waals surface area contributed by atoms with Crippen molar-refractivity contribution in [3.63, 3.8) is 0 Å². The second kappa shape index (κ2) is 6.82. The zero-order valence-corrected chi connectivity index (χ0v) is 17.8. The van der Waals surface area contributed by atoms with E-state index in [2.05, 4.69) is 25.9 Å². The predicted molar refractivity (Wildman–Crippen MR) is 111 cm³/mol. The molecule has 2 aromatic carbocycles. The van der Waals surface area contributed by atoms with Crippen molar-refractivity contribution in [1.29, 1.82) is 0 Å². The predicted octanol–water partition coefficient (Wildman–Crippen LogP) is 4.29. The van der Waals surface area contributed by atoms with Crippen LogP contribution in [0, 0.1) is 5.92 Å². The Morgan fingerprint density at radius 2 is 1.46 bits per heavy atom. The van der Waals surface area contributed by atoms with E-state index in [1.807, 2.05) is 24.3 Å². The fraction of sp³-hybridized carbons (Fsp3) is 0.300. The summed E-state index contributed by atoms with van der Waals surface area (Å²) in [6.45, 7) is 1.60. The van der Waals surface area contributed by atoms with Gasteiger partial charge in [0.1, 0.15) is 6.04 Å². The highest BCUT2D eigenvalue weighted by molar-refractivity contribution is 9.10. The average molecular weight is 481 g/mol. The highest BCUT2D eigenvalue weighted by Crippen LogP contribution is 2.50. The van der Waals surface area contributed by atoms with Crippen LogP contribution in [0.2, 0.25) is 10.0 Å². The Morgan fingerprint density at radius 1 is 0.857 bits per heavy atom. The number of amides is 2. The number of imide groups is 1. The molecule has 2 aromatic rings. The molecular weight excluding hydrogens is 465 g/mol. The Hall–Kier alpha value is -1.44. The first-order chi connectivity index (χ1) is 13.5. The van der Waals surface area contributed by atoms with Crippen LogP contribution in [0.1, 0.15) is 18.0 Å². The number of hydrogen-bond acceptors (Lipinski definition) is 4. The summed E-state index contributed by atoms with van der Waals surface area (Å²) in [5.41, 5.74) is 1.31. The van der Waals surface area contributed by atoms with Crippen LogP contribution in [-0.4, -0.2) is 41.0 Å². The van der Waals surface area contributed by atoms with E-state index < -0.39 is 12.0 Å². The molecular formula is C20H16BrCl2N3O2. The Labute approximate surface area is 180 Å². The Bertz CT molecular complexity index is 964. The lowest BCUT2D eigenvalue weighted by atomic mass is 9.90. The van der Waals surface area contributed by atoms with Gasteiger partial charge in [-0.05, 0) is 36.2 Å². The third-order valence-corrected chi connectivity index (χ3v) is 6.92. The average Bonchev–Trinajstić information content (AvgIpc) is 3.30. The van der Waals surface area contributed by atoms with Gasteiger partial charge in [0.05, 0.1) is 27.7 Å². The Kier molecular flexibility index (Phi) is 4.52. The monoisotopic (exact) mass is 479 g/mol. The maximum atomic E-state index is 13.5. The van der Waals surface area contributed by atoms with E-state index in [1.54, 1.807) is 18.2 Å². The van der Waals surface area contributed by atoms with E-state index in [0.717, 1.165) is 29.5 Å². The van der Waals surface area contributed by atoms with Crippen molar-refractivity contribution < 1.29 is 9.59 Å². The minimum Gasteiger partial charge on any atom is -0.274 e. The molecule has 8 heteroatoms. The molecule has 3 aliphatic rings. The lowest BCUT2D eigenvalue weighted by Crippen LogP contribution is -2.44. The fourth-order valence-corrected chi connectivity index (χ4v) is 5.53. The van der Waals surface area contributed by atoms with Gasteiger partial charge in [-0.2, -0.15) is 0 Å². The molecule has 5 nitrogen and oxygen atoms in total. The van der Waals surface area contributed by atoms with Crippen LogP contribution in [0.5, 0.6) is 0 Å². The second-order valence-corrected chi connectivity index (χ2v) is 8.96. The number of carbonyl (C=O) groups excluding carboxylic acids is 2. The van der Waals surface area contributed by atoms with E-state index >= 15 is 0 Å². The van der Waals surface area contributed by atoms with Crippen molar-refractivity contribution in [1.82, 2.24) is 10.0 Å². The molecule has 3 fully saturated rings. The van der Waals surface area contributed by atoms with E-state index in [1.165, 1.54) is 4.90 Å². The molecule has 0 saturated carbocycles.